The highest BCUT2D eigenvalue weighted by Crippen LogP contribution is 1.99. The average molecular weight is 219 g/mol. The fourth-order valence-corrected chi connectivity index (χ4v) is 2.39. The van der Waals surface area contributed by atoms with Crippen LogP contribution in [0.2, 0.25) is 0 Å². The molecule has 0 bridgehead atoms. The topological polar surface area (TPSA) is 29.1 Å². The Morgan fingerprint density at radius 1 is 1.14 bits per heavy atom. The largest absolute Gasteiger partial charge is 0.312 e. The Balaban J connectivity index is 3.32. The highest BCUT2D eigenvalue weighted by atomic mass is 32.2. The lowest BCUT2D eigenvalue weighted by molar-refractivity contribution is 0.427. The molecule has 0 aromatic carbocycles. The molecule has 0 heterocycles. The summed E-state index contributed by atoms with van der Waals surface area (Å²) in [7, 11) is -0.588. The smallest absolute Gasteiger partial charge is 0.0246 e. The van der Waals surface area contributed by atoms with Gasteiger partial charge in [-0.2, -0.15) is 0 Å². The standard InChI is InChI=1S/C11H25NOS/c1-5-6-9-14(13)10-7-8-12-11(2,3)4/h12H,5-10H2,1-4H3. The van der Waals surface area contributed by atoms with Gasteiger partial charge in [-0.25, -0.2) is 0 Å². The monoisotopic (exact) mass is 219 g/mol. The van der Waals surface area contributed by atoms with Crippen LogP contribution >= 0.6 is 0 Å². The van der Waals surface area contributed by atoms with Crippen LogP contribution in [0.1, 0.15) is 47.0 Å². The molecule has 2 nitrogen and oxygen atoms in total. The maximum Gasteiger partial charge on any atom is 0.0246 e. The van der Waals surface area contributed by atoms with E-state index in [1.54, 1.807) is 0 Å². The molecule has 0 aliphatic heterocycles. The molecule has 14 heavy (non-hydrogen) atoms. The van der Waals surface area contributed by atoms with Crippen molar-refractivity contribution in [3.63, 3.8) is 0 Å². The van der Waals surface area contributed by atoms with Gasteiger partial charge in [0.1, 0.15) is 0 Å². The normalized spacial score (nSPS) is 14.3. The van der Waals surface area contributed by atoms with Gasteiger partial charge in [0.2, 0.25) is 0 Å². The van der Waals surface area contributed by atoms with E-state index >= 15 is 0 Å². The van der Waals surface area contributed by atoms with Crippen LogP contribution in [0.15, 0.2) is 0 Å². The lowest BCUT2D eigenvalue weighted by atomic mass is 10.1. The Kier molecular flexibility index (Phi) is 7.47. The summed E-state index contributed by atoms with van der Waals surface area (Å²) >= 11 is 0. The van der Waals surface area contributed by atoms with E-state index in [4.69, 9.17) is 0 Å². The molecule has 1 unspecified atom stereocenters. The summed E-state index contributed by atoms with van der Waals surface area (Å²) < 4.78 is 11.4. The molecule has 86 valence electrons. The predicted octanol–water partition coefficient (Wildman–Crippen LogP) is 2.31. The Bertz CT molecular complexity index is 163. The van der Waals surface area contributed by atoms with Crippen LogP contribution in [0, 0.1) is 0 Å². The summed E-state index contributed by atoms with van der Waals surface area (Å²) in [6, 6.07) is 0. The van der Waals surface area contributed by atoms with Crippen molar-refractivity contribution in [2.45, 2.75) is 52.5 Å². The van der Waals surface area contributed by atoms with Crippen LogP contribution in [-0.4, -0.2) is 27.8 Å². The minimum atomic E-state index is -0.588. The van der Waals surface area contributed by atoms with Crippen molar-refractivity contribution < 1.29 is 4.21 Å². The second-order valence-electron chi connectivity index (χ2n) is 4.73. The Labute approximate surface area is 91.3 Å². The minimum Gasteiger partial charge on any atom is -0.312 e. The first kappa shape index (κ1) is 14.1. The lowest BCUT2D eigenvalue weighted by Crippen LogP contribution is -2.36. The molecule has 3 heteroatoms. The van der Waals surface area contributed by atoms with Gasteiger partial charge in [0, 0.05) is 27.8 Å². The third-order valence-electron chi connectivity index (χ3n) is 1.93. The van der Waals surface area contributed by atoms with E-state index in [-0.39, 0.29) is 5.54 Å². The molecule has 1 atom stereocenters. The molecule has 0 fully saturated rings. The molecular formula is C11H25NOS. The molecule has 0 saturated heterocycles. The van der Waals surface area contributed by atoms with Crippen molar-refractivity contribution in [1.82, 2.24) is 5.32 Å². The van der Waals surface area contributed by atoms with E-state index in [9.17, 15) is 4.21 Å². The van der Waals surface area contributed by atoms with Crippen molar-refractivity contribution in [2.75, 3.05) is 18.1 Å². The summed E-state index contributed by atoms with van der Waals surface area (Å²) in [5.74, 6) is 1.73. The first-order valence-electron chi connectivity index (χ1n) is 5.55. The van der Waals surface area contributed by atoms with E-state index in [0.717, 1.165) is 37.3 Å². The zero-order valence-corrected chi connectivity index (χ0v) is 10.9. The van der Waals surface area contributed by atoms with Gasteiger partial charge in [0.05, 0.1) is 0 Å². The molecule has 0 rings (SSSR count). The maximum atomic E-state index is 11.4. The number of rotatable bonds is 7. The van der Waals surface area contributed by atoms with Gasteiger partial charge in [0.25, 0.3) is 0 Å². The second kappa shape index (κ2) is 7.41. The van der Waals surface area contributed by atoms with E-state index < -0.39 is 10.8 Å². The van der Waals surface area contributed by atoms with Gasteiger partial charge in [0.15, 0.2) is 0 Å². The molecule has 0 spiro atoms. The van der Waals surface area contributed by atoms with Crippen LogP contribution in [0.25, 0.3) is 0 Å². The minimum absolute atomic E-state index is 0.185. The van der Waals surface area contributed by atoms with Crippen LogP contribution in [0.4, 0.5) is 0 Å². The van der Waals surface area contributed by atoms with Crippen LogP contribution in [-0.2, 0) is 10.8 Å². The molecule has 0 radical (unpaired) electrons. The van der Waals surface area contributed by atoms with Crippen LogP contribution in [0.5, 0.6) is 0 Å². The fraction of sp³-hybridized carbons (Fsp3) is 1.00. The second-order valence-corrected chi connectivity index (χ2v) is 6.43. The summed E-state index contributed by atoms with van der Waals surface area (Å²) in [5, 5.41) is 3.40. The number of nitrogens with one attached hydrogen (secondary N) is 1. The molecular weight excluding hydrogens is 194 g/mol. The van der Waals surface area contributed by atoms with E-state index in [1.165, 1.54) is 0 Å². The summed E-state index contributed by atoms with van der Waals surface area (Å²) in [6.45, 7) is 9.57. The van der Waals surface area contributed by atoms with Crippen molar-refractivity contribution in [3.05, 3.63) is 0 Å². The molecule has 1 N–H and O–H groups in total. The SMILES string of the molecule is CCCCS(=O)CCCNC(C)(C)C. The van der Waals surface area contributed by atoms with E-state index in [2.05, 4.69) is 33.0 Å². The van der Waals surface area contributed by atoms with Gasteiger partial charge in [-0.05, 0) is 40.2 Å². The summed E-state index contributed by atoms with van der Waals surface area (Å²) in [6.07, 6.45) is 3.26. The van der Waals surface area contributed by atoms with Crippen LogP contribution in [0.3, 0.4) is 0 Å². The summed E-state index contributed by atoms with van der Waals surface area (Å²) in [4.78, 5) is 0. The Hall–Kier alpha value is 0.110. The van der Waals surface area contributed by atoms with E-state index in [0.29, 0.717) is 0 Å². The van der Waals surface area contributed by atoms with Crippen molar-refractivity contribution >= 4 is 10.8 Å². The molecule has 0 saturated carbocycles. The van der Waals surface area contributed by atoms with Crippen molar-refractivity contribution in [2.24, 2.45) is 0 Å². The zero-order chi connectivity index (χ0) is 11.0. The fourth-order valence-electron chi connectivity index (χ4n) is 1.10. The lowest BCUT2D eigenvalue weighted by Gasteiger charge is -2.20. The van der Waals surface area contributed by atoms with Gasteiger partial charge < -0.3 is 5.32 Å². The maximum absolute atomic E-state index is 11.4. The highest BCUT2D eigenvalue weighted by Gasteiger charge is 2.07. The van der Waals surface area contributed by atoms with Gasteiger partial charge >= 0.3 is 0 Å². The predicted molar refractivity (Wildman–Crippen MR) is 65.2 cm³/mol. The average Bonchev–Trinajstić information content (AvgIpc) is 2.07. The first-order valence-corrected chi connectivity index (χ1v) is 7.04. The third-order valence-corrected chi connectivity index (χ3v) is 3.42. The van der Waals surface area contributed by atoms with Gasteiger partial charge in [-0.1, -0.05) is 13.3 Å². The van der Waals surface area contributed by atoms with Crippen LogP contribution < -0.4 is 5.32 Å². The first-order chi connectivity index (χ1) is 6.45. The zero-order valence-electron chi connectivity index (χ0n) is 10.1. The van der Waals surface area contributed by atoms with Gasteiger partial charge in [-0.3, -0.25) is 4.21 Å². The third kappa shape index (κ3) is 10.2. The quantitative estimate of drug-likeness (QED) is 0.666. The molecule has 0 aromatic rings. The number of hydrogen-bond acceptors (Lipinski definition) is 2. The van der Waals surface area contributed by atoms with Crippen molar-refractivity contribution in [1.29, 1.82) is 0 Å². The number of unbranched alkanes of at least 4 members (excludes halogenated alkanes) is 1. The van der Waals surface area contributed by atoms with E-state index in [1.807, 2.05) is 0 Å². The number of hydrogen-bond donors (Lipinski definition) is 1. The van der Waals surface area contributed by atoms with Crippen molar-refractivity contribution in [3.8, 4) is 0 Å². The summed E-state index contributed by atoms with van der Waals surface area (Å²) in [5.41, 5.74) is 0.185. The molecule has 0 aromatic heterocycles. The van der Waals surface area contributed by atoms with Gasteiger partial charge in [-0.15, -0.1) is 0 Å². The Morgan fingerprint density at radius 3 is 2.21 bits per heavy atom. The Morgan fingerprint density at radius 2 is 1.71 bits per heavy atom. The molecule has 0 aliphatic carbocycles. The highest BCUT2D eigenvalue weighted by molar-refractivity contribution is 7.84. The molecule has 0 amide bonds. The molecule has 0 aliphatic rings.